The van der Waals surface area contributed by atoms with Crippen molar-refractivity contribution in [2.24, 2.45) is 10.9 Å². The number of benzene rings is 2. The number of primary sulfonamides is 1. The number of halogens is 1. The maximum Gasteiger partial charge on any atom is 0.254 e. The van der Waals surface area contributed by atoms with Gasteiger partial charge in [0.05, 0.1) is 11.4 Å². The minimum absolute atomic E-state index is 0.0323. The van der Waals surface area contributed by atoms with E-state index in [4.69, 9.17) is 10.9 Å². The van der Waals surface area contributed by atoms with E-state index < -0.39 is 21.7 Å². The van der Waals surface area contributed by atoms with E-state index in [1.807, 2.05) is 0 Å². The third-order valence-electron chi connectivity index (χ3n) is 3.87. The Kier molecular flexibility index (Phi) is 5.43. The van der Waals surface area contributed by atoms with Crippen LogP contribution >= 0.6 is 0 Å². The number of nitrogens with two attached hydrogens (primary N) is 2. The number of anilines is 4. The van der Waals surface area contributed by atoms with Gasteiger partial charge in [0, 0.05) is 6.20 Å². The molecule has 6 N–H and O–H groups in total. The Bertz CT molecular complexity index is 1200. The zero-order chi connectivity index (χ0) is 21.2. The molecule has 9 nitrogen and oxygen atoms in total. The molecule has 1 heterocycles. The van der Waals surface area contributed by atoms with Crippen molar-refractivity contribution in [1.82, 2.24) is 9.97 Å². The number of carbonyl (C=O) groups is 1. The van der Waals surface area contributed by atoms with E-state index >= 15 is 0 Å². The molecule has 29 heavy (non-hydrogen) atoms. The molecule has 3 rings (SSSR count). The highest BCUT2D eigenvalue weighted by atomic mass is 32.2. The molecule has 0 saturated heterocycles. The predicted octanol–water partition coefficient (Wildman–Crippen LogP) is 2.16. The number of amides is 1. The first kappa shape index (κ1) is 20.2. The molecule has 2 aromatic carbocycles. The van der Waals surface area contributed by atoms with Crippen LogP contribution in [0.3, 0.4) is 0 Å². The normalized spacial score (nSPS) is 11.1. The number of aryl methyl sites for hydroxylation is 1. The Labute approximate surface area is 166 Å². The molecule has 0 aliphatic carbocycles. The smallest absolute Gasteiger partial charge is 0.254 e. The Hall–Kier alpha value is -3.57. The second-order valence-corrected chi connectivity index (χ2v) is 7.62. The summed E-state index contributed by atoms with van der Waals surface area (Å²) in [5.74, 6) is -1.46. The zero-order valence-electron chi connectivity index (χ0n) is 15.2. The van der Waals surface area contributed by atoms with Gasteiger partial charge < -0.3 is 16.4 Å². The van der Waals surface area contributed by atoms with Gasteiger partial charge >= 0.3 is 0 Å². The fraction of sp³-hybridized carbons (Fsp3) is 0.0556. The minimum atomic E-state index is -4.04. The molecular weight excluding hydrogens is 399 g/mol. The molecule has 3 aromatic rings. The van der Waals surface area contributed by atoms with Crippen LogP contribution in [0.5, 0.6) is 0 Å². The average molecular weight is 416 g/mol. The molecule has 0 unspecified atom stereocenters. The Morgan fingerprint density at radius 2 is 1.83 bits per heavy atom. The lowest BCUT2D eigenvalue weighted by Gasteiger charge is -2.14. The van der Waals surface area contributed by atoms with E-state index in [1.165, 1.54) is 24.3 Å². The second-order valence-electron chi connectivity index (χ2n) is 6.09. The van der Waals surface area contributed by atoms with Gasteiger partial charge in [0.25, 0.3) is 5.91 Å². The highest BCUT2D eigenvalue weighted by Gasteiger charge is 2.18. The SMILES string of the molecule is Cc1ccc(F)c(Nc2ncc(C(N)=O)c(Nc3ccccc3S(N)(=O)=O)n2)c1. The fourth-order valence-corrected chi connectivity index (χ4v) is 3.21. The van der Waals surface area contributed by atoms with Crippen LogP contribution in [0.2, 0.25) is 0 Å². The first-order valence-electron chi connectivity index (χ1n) is 8.24. The third-order valence-corrected chi connectivity index (χ3v) is 4.84. The average Bonchev–Trinajstić information content (AvgIpc) is 2.64. The van der Waals surface area contributed by atoms with Gasteiger partial charge in [0.2, 0.25) is 16.0 Å². The van der Waals surface area contributed by atoms with Crippen LogP contribution in [-0.4, -0.2) is 24.3 Å². The van der Waals surface area contributed by atoms with Crippen molar-refractivity contribution in [3.8, 4) is 0 Å². The largest absolute Gasteiger partial charge is 0.365 e. The lowest BCUT2D eigenvalue weighted by molar-refractivity contribution is 0.100. The number of sulfonamides is 1. The van der Waals surface area contributed by atoms with E-state index in [9.17, 15) is 17.6 Å². The maximum atomic E-state index is 14.0. The Morgan fingerprint density at radius 1 is 1.10 bits per heavy atom. The molecule has 1 aromatic heterocycles. The Morgan fingerprint density at radius 3 is 2.52 bits per heavy atom. The summed E-state index contributed by atoms with van der Waals surface area (Å²) >= 11 is 0. The first-order valence-corrected chi connectivity index (χ1v) is 9.78. The number of hydrogen-bond acceptors (Lipinski definition) is 7. The van der Waals surface area contributed by atoms with Crippen LogP contribution in [0.25, 0.3) is 0 Å². The van der Waals surface area contributed by atoms with Gasteiger partial charge in [-0.2, -0.15) is 4.98 Å². The summed E-state index contributed by atoms with van der Waals surface area (Å²) < 4.78 is 37.6. The molecule has 0 atom stereocenters. The fourth-order valence-electron chi connectivity index (χ4n) is 2.52. The highest BCUT2D eigenvalue weighted by Crippen LogP contribution is 2.26. The van der Waals surface area contributed by atoms with Gasteiger partial charge in [-0.25, -0.2) is 22.9 Å². The number of nitrogens with one attached hydrogen (secondary N) is 2. The topological polar surface area (TPSA) is 153 Å². The molecule has 0 radical (unpaired) electrons. The van der Waals surface area contributed by atoms with Crippen LogP contribution in [0.1, 0.15) is 15.9 Å². The second kappa shape index (κ2) is 7.81. The third kappa shape index (κ3) is 4.65. The van der Waals surface area contributed by atoms with Crippen molar-refractivity contribution in [2.45, 2.75) is 11.8 Å². The van der Waals surface area contributed by atoms with Crippen LogP contribution in [0, 0.1) is 12.7 Å². The number of aromatic nitrogens is 2. The molecule has 0 fully saturated rings. The monoisotopic (exact) mass is 416 g/mol. The van der Waals surface area contributed by atoms with E-state index in [0.717, 1.165) is 11.8 Å². The van der Waals surface area contributed by atoms with Crippen LogP contribution in [0.4, 0.5) is 27.5 Å². The van der Waals surface area contributed by atoms with Gasteiger partial charge in [-0.15, -0.1) is 0 Å². The summed E-state index contributed by atoms with van der Waals surface area (Å²) in [6.07, 6.45) is 1.15. The summed E-state index contributed by atoms with van der Waals surface area (Å²) in [5, 5.41) is 10.7. The summed E-state index contributed by atoms with van der Waals surface area (Å²) in [5.41, 5.74) is 6.29. The number of rotatable bonds is 6. The van der Waals surface area contributed by atoms with Crippen molar-refractivity contribution in [1.29, 1.82) is 0 Å². The zero-order valence-corrected chi connectivity index (χ0v) is 16.0. The van der Waals surface area contributed by atoms with Crippen LogP contribution < -0.4 is 21.5 Å². The minimum Gasteiger partial charge on any atom is -0.365 e. The number of para-hydroxylation sites is 1. The lowest BCUT2D eigenvalue weighted by atomic mass is 10.2. The van der Waals surface area contributed by atoms with Crippen molar-refractivity contribution < 1.29 is 17.6 Å². The lowest BCUT2D eigenvalue weighted by Crippen LogP contribution is -2.17. The van der Waals surface area contributed by atoms with Crippen molar-refractivity contribution in [3.63, 3.8) is 0 Å². The van der Waals surface area contributed by atoms with Gasteiger partial charge in [0.15, 0.2) is 0 Å². The van der Waals surface area contributed by atoms with Crippen LogP contribution in [-0.2, 0) is 10.0 Å². The van der Waals surface area contributed by atoms with E-state index in [-0.39, 0.29) is 33.6 Å². The quantitative estimate of drug-likeness (QED) is 0.480. The van der Waals surface area contributed by atoms with Crippen molar-refractivity contribution in [2.75, 3.05) is 10.6 Å². The number of primary amides is 1. The standard InChI is InChI=1S/C18H17FN6O3S/c1-10-6-7-12(19)14(8-10)24-18-22-9-11(16(20)26)17(25-18)23-13-4-2-3-5-15(13)29(21,27)28/h2-9H,1H3,(H2,20,26)(H2,21,27,28)(H2,22,23,24,25). The predicted molar refractivity (Wildman–Crippen MR) is 106 cm³/mol. The Balaban J connectivity index is 2.03. The van der Waals surface area contributed by atoms with Gasteiger partial charge in [-0.1, -0.05) is 18.2 Å². The van der Waals surface area contributed by atoms with Crippen LogP contribution in [0.15, 0.2) is 53.6 Å². The maximum absolute atomic E-state index is 14.0. The summed E-state index contributed by atoms with van der Waals surface area (Å²) in [6.45, 7) is 1.79. The highest BCUT2D eigenvalue weighted by molar-refractivity contribution is 7.89. The summed E-state index contributed by atoms with van der Waals surface area (Å²) in [7, 11) is -4.04. The van der Waals surface area contributed by atoms with E-state index in [2.05, 4.69) is 20.6 Å². The van der Waals surface area contributed by atoms with E-state index in [0.29, 0.717) is 0 Å². The van der Waals surface area contributed by atoms with Gasteiger partial charge in [-0.05, 0) is 36.8 Å². The first-order chi connectivity index (χ1) is 13.6. The summed E-state index contributed by atoms with van der Waals surface area (Å²) in [4.78, 5) is 19.6. The molecule has 1 amide bonds. The molecule has 11 heteroatoms. The molecule has 0 saturated carbocycles. The molecule has 0 aliphatic heterocycles. The molecule has 0 bridgehead atoms. The van der Waals surface area contributed by atoms with Crippen molar-refractivity contribution in [3.05, 3.63) is 65.6 Å². The molecule has 0 aliphatic rings. The van der Waals surface area contributed by atoms with Gasteiger partial charge in [0.1, 0.15) is 22.1 Å². The molecule has 0 spiro atoms. The summed E-state index contributed by atoms with van der Waals surface area (Å²) in [6, 6.07) is 10.3. The number of carbonyl (C=O) groups excluding carboxylic acids is 1. The number of nitrogens with zero attached hydrogens (tertiary/aromatic N) is 2. The van der Waals surface area contributed by atoms with Gasteiger partial charge in [-0.3, -0.25) is 4.79 Å². The number of hydrogen-bond donors (Lipinski definition) is 4. The molecular formula is C18H17FN6O3S. The molecule has 150 valence electrons. The van der Waals surface area contributed by atoms with Crippen molar-refractivity contribution >= 4 is 39.1 Å². The van der Waals surface area contributed by atoms with E-state index in [1.54, 1.807) is 25.1 Å².